The number of aromatic nitrogens is 1. The van der Waals surface area contributed by atoms with Crippen LogP contribution in [0, 0.1) is 0 Å². The van der Waals surface area contributed by atoms with Gasteiger partial charge in [-0.1, -0.05) is 18.2 Å². The summed E-state index contributed by atoms with van der Waals surface area (Å²) in [6.07, 6.45) is 0.142. The van der Waals surface area contributed by atoms with E-state index in [1.165, 1.54) is 0 Å². The number of pyridine rings is 1. The third kappa shape index (κ3) is 2.78. The van der Waals surface area contributed by atoms with Gasteiger partial charge in [0.05, 0.1) is 11.6 Å². The van der Waals surface area contributed by atoms with E-state index in [1.807, 2.05) is 31.2 Å². The summed E-state index contributed by atoms with van der Waals surface area (Å²) in [6.45, 7) is 3.20. The average molecular weight is 245 g/mol. The molecule has 0 aliphatic carbocycles. The molecular formula is C14H19N3O. The summed E-state index contributed by atoms with van der Waals surface area (Å²) in [5, 5.41) is 4.41. The largest absolute Gasteiger partial charge is 0.380 e. The summed E-state index contributed by atoms with van der Waals surface area (Å²) in [4.78, 5) is 4.61. The Morgan fingerprint density at radius 1 is 1.39 bits per heavy atom. The molecule has 0 spiro atoms. The van der Waals surface area contributed by atoms with Crippen molar-refractivity contribution in [2.45, 2.75) is 19.6 Å². The molecule has 3 N–H and O–H groups in total. The van der Waals surface area contributed by atoms with Crippen molar-refractivity contribution in [2.24, 2.45) is 5.73 Å². The molecule has 18 heavy (non-hydrogen) atoms. The number of hydrogen-bond acceptors (Lipinski definition) is 4. The Labute approximate surface area is 107 Å². The number of hydrogen-bond donors (Lipinski definition) is 2. The Morgan fingerprint density at radius 3 is 2.89 bits per heavy atom. The van der Waals surface area contributed by atoms with Gasteiger partial charge in [-0.15, -0.1) is 0 Å². The third-order valence-corrected chi connectivity index (χ3v) is 2.98. The van der Waals surface area contributed by atoms with E-state index >= 15 is 0 Å². The van der Waals surface area contributed by atoms with Gasteiger partial charge >= 0.3 is 0 Å². The van der Waals surface area contributed by atoms with Crippen LogP contribution in [0.5, 0.6) is 0 Å². The van der Waals surface area contributed by atoms with Crippen LogP contribution in [0.15, 0.2) is 30.3 Å². The molecule has 96 valence electrons. The number of anilines is 1. The molecule has 0 aliphatic rings. The second kappa shape index (κ2) is 5.80. The highest BCUT2D eigenvalue weighted by Gasteiger charge is 2.06. The maximum Gasteiger partial charge on any atom is 0.131 e. The molecule has 4 nitrogen and oxygen atoms in total. The van der Waals surface area contributed by atoms with Crippen molar-refractivity contribution >= 4 is 16.7 Å². The molecule has 0 radical (unpaired) electrons. The fourth-order valence-electron chi connectivity index (χ4n) is 1.79. The summed E-state index contributed by atoms with van der Waals surface area (Å²) >= 11 is 0. The smallest absolute Gasteiger partial charge is 0.131 e. The zero-order chi connectivity index (χ0) is 13.0. The van der Waals surface area contributed by atoms with E-state index < -0.39 is 0 Å². The van der Waals surface area contributed by atoms with E-state index in [0.717, 1.165) is 28.8 Å². The van der Waals surface area contributed by atoms with Crippen molar-refractivity contribution in [3.8, 4) is 0 Å². The monoisotopic (exact) mass is 245 g/mol. The van der Waals surface area contributed by atoms with Crippen LogP contribution >= 0.6 is 0 Å². The molecule has 1 heterocycles. The number of methoxy groups -OCH3 is 1. The SMILES string of the molecule is COC(C)CNc1nc2ccccc2cc1CN. The molecule has 4 heteroatoms. The van der Waals surface area contributed by atoms with Crippen molar-refractivity contribution in [3.05, 3.63) is 35.9 Å². The van der Waals surface area contributed by atoms with Gasteiger partial charge in [-0.05, 0) is 19.1 Å². The topological polar surface area (TPSA) is 60.2 Å². The van der Waals surface area contributed by atoms with Crippen LogP contribution in [0.1, 0.15) is 12.5 Å². The molecule has 1 aromatic heterocycles. The maximum atomic E-state index is 5.77. The highest BCUT2D eigenvalue weighted by Crippen LogP contribution is 2.20. The molecular weight excluding hydrogens is 226 g/mol. The number of nitrogens with zero attached hydrogens (tertiary/aromatic N) is 1. The molecule has 2 aromatic rings. The minimum Gasteiger partial charge on any atom is -0.380 e. The third-order valence-electron chi connectivity index (χ3n) is 2.98. The summed E-state index contributed by atoms with van der Waals surface area (Å²) in [6, 6.07) is 10.1. The predicted molar refractivity (Wildman–Crippen MR) is 74.6 cm³/mol. The first kappa shape index (κ1) is 12.8. The second-order valence-electron chi connectivity index (χ2n) is 4.32. The average Bonchev–Trinajstić information content (AvgIpc) is 2.43. The number of rotatable bonds is 5. The maximum absolute atomic E-state index is 5.77. The van der Waals surface area contributed by atoms with Gasteiger partial charge in [0, 0.05) is 31.1 Å². The highest BCUT2D eigenvalue weighted by molar-refractivity contribution is 5.81. The first-order chi connectivity index (χ1) is 8.74. The van der Waals surface area contributed by atoms with E-state index in [1.54, 1.807) is 7.11 Å². The molecule has 0 saturated heterocycles. The van der Waals surface area contributed by atoms with Gasteiger partial charge in [0.1, 0.15) is 5.82 Å². The molecule has 0 saturated carbocycles. The van der Waals surface area contributed by atoms with E-state index in [9.17, 15) is 0 Å². The molecule has 1 unspecified atom stereocenters. The van der Waals surface area contributed by atoms with Crippen LogP contribution in [-0.2, 0) is 11.3 Å². The van der Waals surface area contributed by atoms with Crippen molar-refractivity contribution < 1.29 is 4.74 Å². The predicted octanol–water partition coefficient (Wildman–Crippen LogP) is 2.14. The van der Waals surface area contributed by atoms with Crippen LogP contribution in [0.25, 0.3) is 10.9 Å². The number of nitrogens with two attached hydrogens (primary N) is 1. The number of para-hydroxylation sites is 1. The minimum absolute atomic E-state index is 0.142. The van der Waals surface area contributed by atoms with Gasteiger partial charge in [0.2, 0.25) is 0 Å². The standard InChI is InChI=1S/C14H19N3O/c1-10(18-2)9-16-14-12(8-15)7-11-5-3-4-6-13(11)17-14/h3-7,10H,8-9,15H2,1-2H3,(H,16,17). The van der Waals surface area contributed by atoms with Gasteiger partial charge in [0.25, 0.3) is 0 Å². The van der Waals surface area contributed by atoms with Gasteiger partial charge in [0.15, 0.2) is 0 Å². The zero-order valence-electron chi connectivity index (χ0n) is 10.8. The highest BCUT2D eigenvalue weighted by atomic mass is 16.5. The zero-order valence-corrected chi connectivity index (χ0v) is 10.8. The lowest BCUT2D eigenvalue weighted by atomic mass is 10.1. The van der Waals surface area contributed by atoms with Crippen LogP contribution in [-0.4, -0.2) is 24.7 Å². The number of fused-ring (bicyclic) bond motifs is 1. The molecule has 1 atom stereocenters. The Balaban J connectivity index is 2.30. The Bertz CT molecular complexity index is 527. The number of nitrogens with one attached hydrogen (secondary N) is 1. The van der Waals surface area contributed by atoms with Crippen LogP contribution in [0.4, 0.5) is 5.82 Å². The lowest BCUT2D eigenvalue weighted by Gasteiger charge is -2.14. The first-order valence-electron chi connectivity index (χ1n) is 6.10. The van der Waals surface area contributed by atoms with Gasteiger partial charge in [-0.3, -0.25) is 0 Å². The summed E-state index contributed by atoms with van der Waals surface area (Å²) in [5.74, 6) is 0.847. The van der Waals surface area contributed by atoms with Gasteiger partial charge in [-0.25, -0.2) is 4.98 Å². The molecule has 0 aliphatic heterocycles. The molecule has 0 amide bonds. The van der Waals surface area contributed by atoms with Gasteiger partial charge < -0.3 is 15.8 Å². The molecule has 0 bridgehead atoms. The van der Waals surface area contributed by atoms with Crippen LogP contribution < -0.4 is 11.1 Å². The molecule has 2 rings (SSSR count). The van der Waals surface area contributed by atoms with Crippen molar-refractivity contribution in [2.75, 3.05) is 19.0 Å². The van der Waals surface area contributed by atoms with E-state index in [0.29, 0.717) is 6.54 Å². The van der Waals surface area contributed by atoms with E-state index in [-0.39, 0.29) is 6.10 Å². The Kier molecular flexibility index (Phi) is 4.12. The minimum atomic E-state index is 0.142. The van der Waals surface area contributed by atoms with E-state index in [4.69, 9.17) is 10.5 Å². The normalized spacial score (nSPS) is 12.6. The fraction of sp³-hybridized carbons (Fsp3) is 0.357. The fourth-order valence-corrected chi connectivity index (χ4v) is 1.79. The van der Waals surface area contributed by atoms with Gasteiger partial charge in [-0.2, -0.15) is 0 Å². The Morgan fingerprint density at radius 2 is 2.17 bits per heavy atom. The summed E-state index contributed by atoms with van der Waals surface area (Å²) < 4.78 is 5.21. The lowest BCUT2D eigenvalue weighted by molar-refractivity contribution is 0.128. The quantitative estimate of drug-likeness (QED) is 0.847. The van der Waals surface area contributed by atoms with Crippen molar-refractivity contribution in [1.82, 2.24) is 4.98 Å². The molecule has 0 fully saturated rings. The van der Waals surface area contributed by atoms with Crippen LogP contribution in [0.2, 0.25) is 0 Å². The van der Waals surface area contributed by atoms with Crippen molar-refractivity contribution in [3.63, 3.8) is 0 Å². The molecule has 1 aromatic carbocycles. The lowest BCUT2D eigenvalue weighted by Crippen LogP contribution is -2.20. The number of benzene rings is 1. The summed E-state index contributed by atoms with van der Waals surface area (Å²) in [7, 11) is 1.70. The number of ether oxygens (including phenoxy) is 1. The first-order valence-corrected chi connectivity index (χ1v) is 6.10. The van der Waals surface area contributed by atoms with Crippen LogP contribution in [0.3, 0.4) is 0 Å². The van der Waals surface area contributed by atoms with Crippen molar-refractivity contribution in [1.29, 1.82) is 0 Å². The second-order valence-corrected chi connectivity index (χ2v) is 4.32. The summed E-state index contributed by atoms with van der Waals surface area (Å²) in [5.41, 5.74) is 7.77. The van der Waals surface area contributed by atoms with E-state index in [2.05, 4.69) is 16.4 Å². The Hall–Kier alpha value is -1.65.